The first-order chi connectivity index (χ1) is 11.5. The molecule has 0 aliphatic carbocycles. The number of benzene rings is 1. The summed E-state index contributed by atoms with van der Waals surface area (Å²) in [5.74, 6) is 1.11. The summed E-state index contributed by atoms with van der Waals surface area (Å²) in [6.07, 6.45) is 3.26. The number of halogens is 1. The van der Waals surface area contributed by atoms with Crippen molar-refractivity contribution >= 4 is 43.4 Å². The summed E-state index contributed by atoms with van der Waals surface area (Å²) >= 11 is 3.43. The van der Waals surface area contributed by atoms with Crippen LogP contribution in [0.4, 0.5) is 17.5 Å². The molecular weight excluding hydrogens is 394 g/mol. The van der Waals surface area contributed by atoms with Crippen LogP contribution in [0, 0.1) is 0 Å². The van der Waals surface area contributed by atoms with E-state index in [9.17, 15) is 8.42 Å². The molecule has 9 heteroatoms. The van der Waals surface area contributed by atoms with Crippen LogP contribution in [0.1, 0.15) is 12.8 Å². The summed E-state index contributed by atoms with van der Waals surface area (Å²) in [7, 11) is -1.89. The fraction of sp³-hybridized carbons (Fsp3) is 0.333. The van der Waals surface area contributed by atoms with Crippen LogP contribution in [-0.4, -0.2) is 42.8 Å². The van der Waals surface area contributed by atoms with Crippen molar-refractivity contribution in [2.75, 3.05) is 30.8 Å². The lowest BCUT2D eigenvalue weighted by molar-refractivity contribution is 0.457. The maximum Gasteiger partial charge on any atom is 0.242 e. The molecule has 0 spiro atoms. The lowest BCUT2D eigenvalue weighted by atomic mass is 10.3. The SMILES string of the molecule is CN1CCCCNc2nc(ncc2Br)Nc2cccc(c2)S1(=O)=O. The molecule has 1 aromatic carbocycles. The monoisotopic (exact) mass is 411 g/mol. The van der Waals surface area contributed by atoms with E-state index in [1.807, 2.05) is 0 Å². The summed E-state index contributed by atoms with van der Waals surface area (Å²) in [4.78, 5) is 8.89. The van der Waals surface area contributed by atoms with Crippen LogP contribution >= 0.6 is 15.9 Å². The quantitative estimate of drug-likeness (QED) is 0.692. The van der Waals surface area contributed by atoms with E-state index < -0.39 is 10.0 Å². The average molecular weight is 412 g/mol. The summed E-state index contributed by atoms with van der Waals surface area (Å²) in [5, 5.41) is 6.29. The second-order valence-electron chi connectivity index (χ2n) is 5.50. The minimum Gasteiger partial charge on any atom is -0.369 e. The first-order valence-electron chi connectivity index (χ1n) is 7.57. The minimum atomic E-state index is -3.50. The summed E-state index contributed by atoms with van der Waals surface area (Å²) < 4.78 is 27.4. The Balaban J connectivity index is 2.02. The molecule has 1 aromatic heterocycles. The molecule has 1 aliphatic heterocycles. The Kier molecular flexibility index (Phi) is 5.02. The van der Waals surface area contributed by atoms with Gasteiger partial charge in [0.05, 0.1) is 9.37 Å². The van der Waals surface area contributed by atoms with Crippen LogP contribution in [0.3, 0.4) is 0 Å². The van der Waals surface area contributed by atoms with Gasteiger partial charge < -0.3 is 10.6 Å². The zero-order chi connectivity index (χ0) is 17.2. The molecule has 0 unspecified atom stereocenters. The van der Waals surface area contributed by atoms with Gasteiger partial charge in [-0.15, -0.1) is 0 Å². The third-order valence-electron chi connectivity index (χ3n) is 3.73. The van der Waals surface area contributed by atoms with Crippen LogP contribution in [0.25, 0.3) is 0 Å². The minimum absolute atomic E-state index is 0.252. The van der Waals surface area contributed by atoms with Gasteiger partial charge in [-0.1, -0.05) is 6.07 Å². The van der Waals surface area contributed by atoms with Gasteiger partial charge in [-0.05, 0) is 47.0 Å². The van der Waals surface area contributed by atoms with Crippen molar-refractivity contribution in [3.63, 3.8) is 0 Å². The Morgan fingerprint density at radius 1 is 1.29 bits per heavy atom. The van der Waals surface area contributed by atoms with E-state index in [1.54, 1.807) is 37.5 Å². The Labute approximate surface area is 149 Å². The first kappa shape index (κ1) is 17.1. The van der Waals surface area contributed by atoms with E-state index in [0.717, 1.165) is 17.3 Å². The first-order valence-corrected chi connectivity index (χ1v) is 9.80. The Morgan fingerprint density at radius 3 is 2.96 bits per heavy atom. The molecule has 0 saturated carbocycles. The molecule has 0 saturated heterocycles. The van der Waals surface area contributed by atoms with Crippen molar-refractivity contribution in [1.82, 2.24) is 14.3 Å². The molecule has 2 heterocycles. The normalized spacial score (nSPS) is 18.1. The topological polar surface area (TPSA) is 87.2 Å². The van der Waals surface area contributed by atoms with E-state index in [0.29, 0.717) is 30.5 Å². The fourth-order valence-corrected chi connectivity index (χ4v) is 3.97. The molecule has 128 valence electrons. The van der Waals surface area contributed by atoms with Crippen LogP contribution in [-0.2, 0) is 10.0 Å². The highest BCUT2D eigenvalue weighted by molar-refractivity contribution is 9.10. The van der Waals surface area contributed by atoms with Crippen molar-refractivity contribution in [2.45, 2.75) is 17.7 Å². The second-order valence-corrected chi connectivity index (χ2v) is 8.40. The number of anilines is 3. The molecule has 3 rings (SSSR count). The smallest absolute Gasteiger partial charge is 0.242 e. The lowest BCUT2D eigenvalue weighted by Crippen LogP contribution is -2.28. The average Bonchev–Trinajstić information content (AvgIpc) is 2.56. The predicted molar refractivity (Wildman–Crippen MR) is 97.0 cm³/mol. The van der Waals surface area contributed by atoms with Crippen LogP contribution < -0.4 is 10.6 Å². The molecule has 2 aromatic rings. The summed E-state index contributed by atoms with van der Waals surface area (Å²) in [6, 6.07) is 6.67. The third kappa shape index (κ3) is 3.68. The van der Waals surface area contributed by atoms with Gasteiger partial charge in [-0.25, -0.2) is 17.7 Å². The second kappa shape index (κ2) is 7.04. The van der Waals surface area contributed by atoms with Crippen LogP contribution in [0.15, 0.2) is 39.8 Å². The van der Waals surface area contributed by atoms with E-state index in [4.69, 9.17) is 0 Å². The number of rotatable bonds is 0. The van der Waals surface area contributed by atoms with Crippen molar-refractivity contribution in [3.05, 3.63) is 34.9 Å². The number of nitrogens with zero attached hydrogens (tertiary/aromatic N) is 3. The highest BCUT2D eigenvalue weighted by Crippen LogP contribution is 2.24. The highest BCUT2D eigenvalue weighted by Gasteiger charge is 2.21. The van der Waals surface area contributed by atoms with Crippen molar-refractivity contribution < 1.29 is 8.42 Å². The number of fused-ring (bicyclic) bond motifs is 4. The lowest BCUT2D eigenvalue weighted by Gasteiger charge is -2.18. The number of hydrogen-bond donors (Lipinski definition) is 2. The van der Waals surface area contributed by atoms with Gasteiger partial charge >= 0.3 is 0 Å². The van der Waals surface area contributed by atoms with Gasteiger partial charge in [0.15, 0.2) is 0 Å². The Hall–Kier alpha value is -1.71. The molecular formula is C15H18BrN5O2S. The van der Waals surface area contributed by atoms with Crippen LogP contribution in [0.2, 0.25) is 0 Å². The number of aromatic nitrogens is 2. The molecule has 1 aliphatic rings. The molecule has 0 fully saturated rings. The maximum absolute atomic E-state index is 12.6. The Morgan fingerprint density at radius 2 is 2.12 bits per heavy atom. The van der Waals surface area contributed by atoms with Gasteiger partial charge in [0.1, 0.15) is 5.82 Å². The van der Waals surface area contributed by atoms with Gasteiger partial charge in [0, 0.05) is 32.0 Å². The summed E-state index contributed by atoms with van der Waals surface area (Å²) in [5.41, 5.74) is 0.620. The van der Waals surface area contributed by atoms with E-state index in [2.05, 4.69) is 36.5 Å². The number of nitrogens with one attached hydrogen (secondary N) is 2. The fourth-order valence-electron chi connectivity index (χ4n) is 2.38. The van der Waals surface area contributed by atoms with E-state index >= 15 is 0 Å². The molecule has 24 heavy (non-hydrogen) atoms. The van der Waals surface area contributed by atoms with Crippen molar-refractivity contribution in [3.8, 4) is 0 Å². The number of hydrogen-bond acceptors (Lipinski definition) is 6. The zero-order valence-corrected chi connectivity index (χ0v) is 15.6. The van der Waals surface area contributed by atoms with E-state index in [1.165, 1.54) is 4.31 Å². The van der Waals surface area contributed by atoms with E-state index in [-0.39, 0.29) is 4.90 Å². The maximum atomic E-state index is 12.6. The molecule has 4 bridgehead atoms. The molecule has 0 radical (unpaired) electrons. The molecule has 0 atom stereocenters. The largest absolute Gasteiger partial charge is 0.369 e. The van der Waals surface area contributed by atoms with Gasteiger partial charge in [-0.2, -0.15) is 4.98 Å². The van der Waals surface area contributed by atoms with Gasteiger partial charge in [-0.3, -0.25) is 0 Å². The van der Waals surface area contributed by atoms with Crippen LogP contribution in [0.5, 0.6) is 0 Å². The zero-order valence-electron chi connectivity index (χ0n) is 13.2. The highest BCUT2D eigenvalue weighted by atomic mass is 79.9. The van der Waals surface area contributed by atoms with Crippen molar-refractivity contribution in [1.29, 1.82) is 0 Å². The van der Waals surface area contributed by atoms with Crippen molar-refractivity contribution in [2.24, 2.45) is 0 Å². The third-order valence-corrected chi connectivity index (χ3v) is 6.17. The molecule has 7 nitrogen and oxygen atoms in total. The van der Waals surface area contributed by atoms with Gasteiger partial charge in [0.2, 0.25) is 16.0 Å². The number of sulfonamides is 1. The standard InChI is InChI=1S/C15H18BrN5O2S/c1-21-8-3-2-7-17-14-13(16)10-18-15(20-14)19-11-5-4-6-12(9-11)24(21,22)23/h4-6,9-10H,2-3,7-8H2,1H3,(H2,17,18,19,20). The van der Waals surface area contributed by atoms with Gasteiger partial charge in [0.25, 0.3) is 0 Å². The Bertz CT molecular complexity index is 844. The molecule has 0 amide bonds. The summed E-state index contributed by atoms with van der Waals surface area (Å²) in [6.45, 7) is 1.17. The molecule has 2 N–H and O–H groups in total. The predicted octanol–water partition coefficient (Wildman–Crippen LogP) is 2.81.